The average Bonchev–Trinajstić information content (AvgIpc) is 3.22. The van der Waals surface area contributed by atoms with Crippen LogP contribution in [0.1, 0.15) is 48.8 Å². The quantitative estimate of drug-likeness (QED) is 0.702. The predicted octanol–water partition coefficient (Wildman–Crippen LogP) is 5.08. The molecule has 0 spiro atoms. The van der Waals surface area contributed by atoms with Gasteiger partial charge in [-0.2, -0.15) is 0 Å². The van der Waals surface area contributed by atoms with E-state index >= 15 is 0 Å². The SMILES string of the molecule is COc1ccc(CN2CCC(C3=NCCN3)c3cc(Br)cc(C(C)C)c32)cc1. The van der Waals surface area contributed by atoms with Gasteiger partial charge in [0.2, 0.25) is 0 Å². The number of nitrogens with zero attached hydrogens (tertiary/aromatic N) is 2. The average molecular weight is 442 g/mol. The van der Waals surface area contributed by atoms with Crippen molar-refractivity contribution < 1.29 is 4.74 Å². The molecule has 28 heavy (non-hydrogen) atoms. The normalized spacial score (nSPS) is 18.7. The van der Waals surface area contributed by atoms with Crippen molar-refractivity contribution in [2.24, 2.45) is 4.99 Å². The summed E-state index contributed by atoms with van der Waals surface area (Å²) in [6.07, 6.45) is 1.09. The molecule has 2 heterocycles. The first-order valence-corrected chi connectivity index (χ1v) is 10.9. The van der Waals surface area contributed by atoms with E-state index in [0.29, 0.717) is 11.8 Å². The Morgan fingerprint density at radius 2 is 2.04 bits per heavy atom. The molecule has 0 aliphatic carbocycles. The standard InChI is InChI=1S/C23H28BrN3O/c1-15(2)20-12-17(24)13-21-19(23-25-9-10-26-23)8-11-27(22(20)21)14-16-4-6-18(28-3)7-5-16/h4-7,12-13,15,19H,8-11,14H2,1-3H3,(H,25,26). The minimum Gasteiger partial charge on any atom is -0.497 e. The van der Waals surface area contributed by atoms with E-state index in [-0.39, 0.29) is 0 Å². The Labute approximate surface area is 176 Å². The van der Waals surface area contributed by atoms with Crippen molar-refractivity contribution in [3.05, 3.63) is 57.6 Å². The van der Waals surface area contributed by atoms with Crippen LogP contribution in [0.5, 0.6) is 5.75 Å². The molecule has 0 radical (unpaired) electrons. The lowest BCUT2D eigenvalue weighted by Crippen LogP contribution is -2.37. The molecule has 0 aromatic heterocycles. The fourth-order valence-electron chi connectivity index (χ4n) is 4.31. The Bertz CT molecular complexity index is 876. The zero-order valence-electron chi connectivity index (χ0n) is 16.8. The van der Waals surface area contributed by atoms with Gasteiger partial charge in [-0.25, -0.2) is 0 Å². The number of halogens is 1. The third-order valence-corrected chi connectivity index (χ3v) is 6.16. The molecule has 1 N–H and O–H groups in total. The zero-order valence-corrected chi connectivity index (χ0v) is 18.4. The lowest BCUT2D eigenvalue weighted by Gasteiger charge is -2.38. The fourth-order valence-corrected chi connectivity index (χ4v) is 4.80. The van der Waals surface area contributed by atoms with Crippen LogP contribution in [-0.4, -0.2) is 32.6 Å². The van der Waals surface area contributed by atoms with Crippen molar-refractivity contribution >= 4 is 27.5 Å². The highest BCUT2D eigenvalue weighted by Gasteiger charge is 2.32. The molecule has 0 fully saturated rings. The molecule has 4 rings (SSSR count). The van der Waals surface area contributed by atoms with E-state index in [0.717, 1.165) is 48.7 Å². The fraction of sp³-hybridized carbons (Fsp3) is 0.435. The number of amidine groups is 1. The van der Waals surface area contributed by atoms with E-state index < -0.39 is 0 Å². The number of fused-ring (bicyclic) bond motifs is 1. The second-order valence-electron chi connectivity index (χ2n) is 7.89. The van der Waals surface area contributed by atoms with Crippen LogP contribution < -0.4 is 15.0 Å². The van der Waals surface area contributed by atoms with E-state index in [1.807, 2.05) is 12.1 Å². The monoisotopic (exact) mass is 441 g/mol. The third kappa shape index (κ3) is 3.77. The third-order valence-electron chi connectivity index (χ3n) is 5.70. The van der Waals surface area contributed by atoms with Crippen LogP contribution in [0.3, 0.4) is 0 Å². The second kappa shape index (κ2) is 8.16. The summed E-state index contributed by atoms with van der Waals surface area (Å²) in [5.74, 6) is 2.89. The Hall–Kier alpha value is -2.01. The first-order valence-electron chi connectivity index (χ1n) is 10.1. The molecule has 5 heteroatoms. The Balaban J connectivity index is 1.74. The predicted molar refractivity (Wildman–Crippen MR) is 120 cm³/mol. The van der Waals surface area contributed by atoms with Crippen molar-refractivity contribution in [1.82, 2.24) is 5.32 Å². The number of nitrogens with one attached hydrogen (secondary N) is 1. The smallest absolute Gasteiger partial charge is 0.118 e. The maximum Gasteiger partial charge on any atom is 0.118 e. The van der Waals surface area contributed by atoms with Crippen LogP contribution in [0.4, 0.5) is 5.69 Å². The summed E-state index contributed by atoms with van der Waals surface area (Å²) in [7, 11) is 1.71. The zero-order chi connectivity index (χ0) is 19.7. The number of hydrogen-bond donors (Lipinski definition) is 1. The van der Waals surface area contributed by atoms with Gasteiger partial charge >= 0.3 is 0 Å². The maximum atomic E-state index is 5.31. The second-order valence-corrected chi connectivity index (χ2v) is 8.81. The van der Waals surface area contributed by atoms with E-state index in [1.54, 1.807) is 7.11 Å². The van der Waals surface area contributed by atoms with Crippen molar-refractivity contribution in [3.63, 3.8) is 0 Å². The van der Waals surface area contributed by atoms with Crippen molar-refractivity contribution in [2.45, 2.75) is 38.6 Å². The number of anilines is 1. The van der Waals surface area contributed by atoms with Gasteiger partial charge in [-0.1, -0.05) is 41.9 Å². The first-order chi connectivity index (χ1) is 13.6. The van der Waals surface area contributed by atoms with Gasteiger partial charge in [0.15, 0.2) is 0 Å². The molecule has 0 bridgehead atoms. The van der Waals surface area contributed by atoms with Gasteiger partial charge in [-0.15, -0.1) is 0 Å². The topological polar surface area (TPSA) is 36.9 Å². The molecule has 2 aliphatic rings. The summed E-state index contributed by atoms with van der Waals surface area (Å²) in [5, 5.41) is 3.51. The molecule has 1 unspecified atom stereocenters. The summed E-state index contributed by atoms with van der Waals surface area (Å²) in [6, 6.07) is 13.0. The lowest BCUT2D eigenvalue weighted by molar-refractivity contribution is 0.414. The van der Waals surface area contributed by atoms with Gasteiger partial charge < -0.3 is 15.0 Å². The van der Waals surface area contributed by atoms with Crippen LogP contribution >= 0.6 is 15.9 Å². The van der Waals surface area contributed by atoms with Gasteiger partial charge in [0.05, 0.1) is 13.7 Å². The minimum atomic E-state index is 0.361. The number of aliphatic imine (C=N–C) groups is 1. The van der Waals surface area contributed by atoms with Gasteiger partial charge in [0, 0.05) is 35.7 Å². The Morgan fingerprint density at radius 1 is 1.25 bits per heavy atom. The Kier molecular flexibility index (Phi) is 5.63. The number of methoxy groups -OCH3 is 1. The molecule has 1 atom stereocenters. The number of rotatable bonds is 5. The van der Waals surface area contributed by atoms with E-state index in [9.17, 15) is 0 Å². The molecule has 2 aromatic carbocycles. The molecule has 4 nitrogen and oxygen atoms in total. The van der Waals surface area contributed by atoms with E-state index in [2.05, 4.69) is 64.3 Å². The van der Waals surface area contributed by atoms with E-state index in [1.165, 1.54) is 22.4 Å². The summed E-state index contributed by atoms with van der Waals surface area (Å²) in [5.41, 5.74) is 5.49. The summed E-state index contributed by atoms with van der Waals surface area (Å²) in [4.78, 5) is 7.29. The van der Waals surface area contributed by atoms with Crippen LogP contribution in [0.2, 0.25) is 0 Å². The van der Waals surface area contributed by atoms with Gasteiger partial charge in [-0.3, -0.25) is 4.99 Å². The lowest BCUT2D eigenvalue weighted by atomic mass is 9.84. The number of hydrogen-bond acceptors (Lipinski definition) is 4. The van der Waals surface area contributed by atoms with Crippen LogP contribution in [0.15, 0.2) is 45.9 Å². The Morgan fingerprint density at radius 3 is 2.68 bits per heavy atom. The molecule has 2 aliphatic heterocycles. The first kappa shape index (κ1) is 19.3. The summed E-state index contributed by atoms with van der Waals surface area (Å²) in [6.45, 7) is 8.35. The summed E-state index contributed by atoms with van der Waals surface area (Å²) >= 11 is 3.76. The highest BCUT2D eigenvalue weighted by molar-refractivity contribution is 9.10. The summed E-state index contributed by atoms with van der Waals surface area (Å²) < 4.78 is 6.47. The van der Waals surface area contributed by atoms with E-state index in [4.69, 9.17) is 9.73 Å². The molecular weight excluding hydrogens is 414 g/mol. The maximum absolute atomic E-state index is 5.31. The highest BCUT2D eigenvalue weighted by Crippen LogP contribution is 2.43. The molecule has 148 valence electrons. The highest BCUT2D eigenvalue weighted by atomic mass is 79.9. The largest absolute Gasteiger partial charge is 0.497 e. The van der Waals surface area contributed by atoms with Crippen LogP contribution in [-0.2, 0) is 6.54 Å². The van der Waals surface area contributed by atoms with Crippen LogP contribution in [0.25, 0.3) is 0 Å². The number of ether oxygens (including phenoxy) is 1. The molecular formula is C23H28BrN3O. The molecule has 0 saturated carbocycles. The molecule has 0 amide bonds. The van der Waals surface area contributed by atoms with Crippen molar-refractivity contribution in [3.8, 4) is 5.75 Å². The van der Waals surface area contributed by atoms with Crippen molar-refractivity contribution in [1.29, 1.82) is 0 Å². The molecule has 2 aromatic rings. The van der Waals surface area contributed by atoms with Gasteiger partial charge in [-0.05, 0) is 53.3 Å². The van der Waals surface area contributed by atoms with Gasteiger partial charge in [0.1, 0.15) is 11.6 Å². The number of benzene rings is 2. The van der Waals surface area contributed by atoms with Crippen LogP contribution in [0, 0.1) is 0 Å². The van der Waals surface area contributed by atoms with Gasteiger partial charge in [0.25, 0.3) is 0 Å². The minimum absolute atomic E-state index is 0.361. The molecule has 0 saturated heterocycles. The van der Waals surface area contributed by atoms with Crippen molar-refractivity contribution in [2.75, 3.05) is 31.6 Å².